The van der Waals surface area contributed by atoms with Crippen LogP contribution in [0.25, 0.3) is 0 Å². The molecule has 0 saturated carbocycles. The molecule has 2 N–H and O–H groups in total. The molecule has 0 aromatic rings. The van der Waals surface area contributed by atoms with Crippen LogP contribution < -0.4 is 5.32 Å². The number of aliphatic hydroxyl groups excluding tert-OH is 1. The van der Waals surface area contributed by atoms with Gasteiger partial charge in [0.1, 0.15) is 0 Å². The molecule has 3 heterocycles. The van der Waals surface area contributed by atoms with Crippen molar-refractivity contribution in [2.45, 2.75) is 43.9 Å². The van der Waals surface area contributed by atoms with Crippen LogP contribution in [0.3, 0.4) is 0 Å². The van der Waals surface area contributed by atoms with Gasteiger partial charge in [0.05, 0.1) is 18.8 Å². The Hall–Kier alpha value is -0.200. The number of rotatable bonds is 6. The quantitative estimate of drug-likeness (QED) is 0.713. The number of ether oxygens (including phenoxy) is 1. The van der Waals surface area contributed by atoms with Crippen molar-refractivity contribution in [2.24, 2.45) is 0 Å². The standard InChI is InChI=1S/C15H29N3O2/c19-14(10-17-5-1-2-6-17)8-16-9-15-11-18-7-3-4-13(18)12-20-15/h13-16,19H,1-12H2. The maximum absolute atomic E-state index is 10.0. The Morgan fingerprint density at radius 3 is 2.90 bits per heavy atom. The number of hydrogen-bond acceptors (Lipinski definition) is 5. The molecule has 20 heavy (non-hydrogen) atoms. The highest BCUT2D eigenvalue weighted by Gasteiger charge is 2.31. The molecular formula is C15H29N3O2. The summed E-state index contributed by atoms with van der Waals surface area (Å²) >= 11 is 0. The first-order chi connectivity index (χ1) is 9.81. The Balaban J connectivity index is 1.29. The molecule has 0 aromatic heterocycles. The third-order valence-electron chi connectivity index (χ3n) is 4.88. The Labute approximate surface area is 122 Å². The number of likely N-dealkylation sites (tertiary alicyclic amines) is 1. The topological polar surface area (TPSA) is 48.0 Å². The van der Waals surface area contributed by atoms with E-state index in [-0.39, 0.29) is 6.10 Å². The molecule has 116 valence electrons. The van der Waals surface area contributed by atoms with Crippen molar-refractivity contribution in [2.75, 3.05) is 52.4 Å². The van der Waals surface area contributed by atoms with E-state index in [0.29, 0.717) is 18.7 Å². The van der Waals surface area contributed by atoms with E-state index in [2.05, 4.69) is 15.1 Å². The van der Waals surface area contributed by atoms with E-state index in [1.165, 1.54) is 32.2 Å². The van der Waals surface area contributed by atoms with Gasteiger partial charge in [-0.15, -0.1) is 0 Å². The summed E-state index contributed by atoms with van der Waals surface area (Å²) in [5.74, 6) is 0. The second-order valence-corrected chi connectivity index (χ2v) is 6.57. The minimum atomic E-state index is -0.253. The van der Waals surface area contributed by atoms with Gasteiger partial charge in [0.2, 0.25) is 0 Å². The summed E-state index contributed by atoms with van der Waals surface area (Å²) in [6, 6.07) is 0.673. The lowest BCUT2D eigenvalue weighted by molar-refractivity contribution is -0.0477. The summed E-state index contributed by atoms with van der Waals surface area (Å²) in [5, 5.41) is 13.4. The summed E-state index contributed by atoms with van der Waals surface area (Å²) in [4.78, 5) is 4.93. The lowest BCUT2D eigenvalue weighted by Gasteiger charge is -2.35. The first-order valence-electron chi connectivity index (χ1n) is 8.28. The molecular weight excluding hydrogens is 254 g/mol. The number of fused-ring (bicyclic) bond motifs is 1. The smallest absolute Gasteiger partial charge is 0.0827 e. The zero-order chi connectivity index (χ0) is 13.8. The van der Waals surface area contributed by atoms with Crippen molar-refractivity contribution in [1.29, 1.82) is 0 Å². The van der Waals surface area contributed by atoms with Gasteiger partial charge in [0, 0.05) is 32.2 Å². The van der Waals surface area contributed by atoms with E-state index in [0.717, 1.165) is 39.3 Å². The summed E-state index contributed by atoms with van der Waals surface area (Å²) in [6.07, 6.45) is 5.23. The van der Waals surface area contributed by atoms with Crippen molar-refractivity contribution in [1.82, 2.24) is 15.1 Å². The number of aliphatic hydroxyl groups is 1. The van der Waals surface area contributed by atoms with Crippen LogP contribution in [0.15, 0.2) is 0 Å². The molecule has 3 unspecified atom stereocenters. The average Bonchev–Trinajstić information content (AvgIpc) is 3.09. The molecule has 0 bridgehead atoms. The van der Waals surface area contributed by atoms with Crippen LogP contribution in [0.1, 0.15) is 25.7 Å². The fraction of sp³-hybridized carbons (Fsp3) is 1.00. The highest BCUT2D eigenvalue weighted by Crippen LogP contribution is 2.22. The zero-order valence-corrected chi connectivity index (χ0v) is 12.5. The predicted molar refractivity (Wildman–Crippen MR) is 78.9 cm³/mol. The van der Waals surface area contributed by atoms with Gasteiger partial charge in [-0.3, -0.25) is 4.90 Å². The third-order valence-corrected chi connectivity index (χ3v) is 4.88. The maximum atomic E-state index is 10.0. The van der Waals surface area contributed by atoms with E-state index >= 15 is 0 Å². The van der Waals surface area contributed by atoms with Crippen LogP contribution in [0, 0.1) is 0 Å². The number of hydrogen-bond donors (Lipinski definition) is 2. The lowest BCUT2D eigenvalue weighted by atomic mass is 10.2. The number of nitrogens with zero attached hydrogens (tertiary/aromatic N) is 2. The SMILES string of the molecule is OC(CNCC1CN2CCCC2CO1)CN1CCCC1. The largest absolute Gasteiger partial charge is 0.390 e. The van der Waals surface area contributed by atoms with Crippen molar-refractivity contribution >= 4 is 0 Å². The Morgan fingerprint density at radius 1 is 1.20 bits per heavy atom. The molecule has 0 amide bonds. The van der Waals surface area contributed by atoms with E-state index in [1.54, 1.807) is 0 Å². The van der Waals surface area contributed by atoms with E-state index in [4.69, 9.17) is 4.74 Å². The van der Waals surface area contributed by atoms with Crippen molar-refractivity contribution in [3.8, 4) is 0 Å². The van der Waals surface area contributed by atoms with Crippen molar-refractivity contribution < 1.29 is 9.84 Å². The van der Waals surface area contributed by atoms with E-state index < -0.39 is 0 Å². The summed E-state index contributed by atoms with van der Waals surface area (Å²) < 4.78 is 5.91. The van der Waals surface area contributed by atoms with Crippen LogP contribution in [-0.2, 0) is 4.74 Å². The van der Waals surface area contributed by atoms with Crippen LogP contribution in [0.4, 0.5) is 0 Å². The minimum absolute atomic E-state index is 0.253. The van der Waals surface area contributed by atoms with Gasteiger partial charge in [0.15, 0.2) is 0 Å². The Bertz CT molecular complexity index is 297. The molecule has 3 atom stereocenters. The normalized spacial score (nSPS) is 33.5. The first-order valence-corrected chi connectivity index (χ1v) is 8.28. The van der Waals surface area contributed by atoms with Gasteiger partial charge in [0.25, 0.3) is 0 Å². The van der Waals surface area contributed by atoms with Gasteiger partial charge in [-0.2, -0.15) is 0 Å². The molecule has 3 aliphatic rings. The van der Waals surface area contributed by atoms with Crippen molar-refractivity contribution in [3.05, 3.63) is 0 Å². The van der Waals surface area contributed by atoms with Crippen LogP contribution >= 0.6 is 0 Å². The number of β-amino-alcohol motifs (C(OH)–C–C–N with tert-alkyl or cyclic N) is 1. The molecule has 3 saturated heterocycles. The number of nitrogens with one attached hydrogen (secondary N) is 1. The highest BCUT2D eigenvalue weighted by molar-refractivity contribution is 4.86. The van der Waals surface area contributed by atoms with Gasteiger partial charge in [-0.25, -0.2) is 0 Å². The van der Waals surface area contributed by atoms with Gasteiger partial charge < -0.3 is 20.1 Å². The average molecular weight is 283 g/mol. The zero-order valence-electron chi connectivity index (χ0n) is 12.5. The molecule has 0 radical (unpaired) electrons. The van der Waals surface area contributed by atoms with Crippen molar-refractivity contribution in [3.63, 3.8) is 0 Å². The molecule has 3 aliphatic heterocycles. The Morgan fingerprint density at radius 2 is 2.05 bits per heavy atom. The molecule has 5 heteroatoms. The highest BCUT2D eigenvalue weighted by atomic mass is 16.5. The minimum Gasteiger partial charge on any atom is -0.390 e. The fourth-order valence-corrected chi connectivity index (χ4v) is 3.75. The molecule has 0 spiro atoms. The summed E-state index contributed by atoms with van der Waals surface area (Å²) in [6.45, 7) is 7.84. The third kappa shape index (κ3) is 3.92. The van der Waals surface area contributed by atoms with Crippen LogP contribution in [0.2, 0.25) is 0 Å². The lowest BCUT2D eigenvalue weighted by Crippen LogP contribution is -2.50. The first kappa shape index (κ1) is 14.7. The molecule has 5 nitrogen and oxygen atoms in total. The van der Waals surface area contributed by atoms with Gasteiger partial charge in [-0.1, -0.05) is 0 Å². The molecule has 3 fully saturated rings. The van der Waals surface area contributed by atoms with Crippen LogP contribution in [-0.4, -0.2) is 85.6 Å². The summed E-state index contributed by atoms with van der Waals surface area (Å²) in [7, 11) is 0. The second kappa shape index (κ2) is 7.18. The van der Waals surface area contributed by atoms with Gasteiger partial charge >= 0.3 is 0 Å². The number of morpholine rings is 1. The van der Waals surface area contributed by atoms with E-state index in [1.807, 2.05) is 0 Å². The predicted octanol–water partition coefficient (Wildman–Crippen LogP) is -0.104. The summed E-state index contributed by atoms with van der Waals surface area (Å²) in [5.41, 5.74) is 0. The molecule has 0 aromatic carbocycles. The van der Waals surface area contributed by atoms with Gasteiger partial charge in [-0.05, 0) is 45.3 Å². The van der Waals surface area contributed by atoms with Crippen LogP contribution in [0.5, 0.6) is 0 Å². The Kier molecular flexibility index (Phi) is 5.29. The second-order valence-electron chi connectivity index (χ2n) is 6.57. The molecule has 0 aliphatic carbocycles. The fourth-order valence-electron chi connectivity index (χ4n) is 3.75. The monoisotopic (exact) mass is 283 g/mol. The van der Waals surface area contributed by atoms with E-state index in [9.17, 15) is 5.11 Å². The molecule has 3 rings (SSSR count). The maximum Gasteiger partial charge on any atom is 0.0827 e.